The van der Waals surface area contributed by atoms with Gasteiger partial charge in [-0.15, -0.1) is 0 Å². The predicted molar refractivity (Wildman–Crippen MR) is 61.8 cm³/mol. The molecular formula is C11H18N2O5. The molecule has 1 fully saturated rings. The Bertz CT molecular complexity index is 362. The number of amides is 1. The lowest BCUT2D eigenvalue weighted by molar-refractivity contribution is -0.144. The fourth-order valence-corrected chi connectivity index (χ4v) is 1.71. The molecule has 1 saturated carbocycles. The molecule has 2 atom stereocenters. The van der Waals surface area contributed by atoms with Gasteiger partial charge in [-0.1, -0.05) is 0 Å². The van der Waals surface area contributed by atoms with Gasteiger partial charge in [-0.3, -0.25) is 9.59 Å². The molecule has 0 aromatic carbocycles. The molecule has 0 saturated heterocycles. The third kappa shape index (κ3) is 3.69. The maximum Gasteiger partial charge on any atom is 0.326 e. The second-order valence-corrected chi connectivity index (χ2v) is 4.85. The molecular weight excluding hydrogens is 240 g/mol. The van der Waals surface area contributed by atoms with Crippen LogP contribution in [-0.4, -0.2) is 39.6 Å². The van der Waals surface area contributed by atoms with E-state index < -0.39 is 29.4 Å². The number of carboxylic acid groups (broad SMARTS) is 2. The highest BCUT2D eigenvalue weighted by Gasteiger charge is 2.44. The minimum atomic E-state index is -1.25. The van der Waals surface area contributed by atoms with Crippen LogP contribution in [0, 0.1) is 5.92 Å². The van der Waals surface area contributed by atoms with E-state index in [0.29, 0.717) is 0 Å². The minimum Gasteiger partial charge on any atom is -0.481 e. The molecule has 5 N–H and O–H groups in total. The van der Waals surface area contributed by atoms with Crippen LogP contribution in [0.2, 0.25) is 0 Å². The van der Waals surface area contributed by atoms with E-state index in [0.717, 1.165) is 12.8 Å². The Balaban J connectivity index is 2.57. The van der Waals surface area contributed by atoms with Crippen molar-refractivity contribution in [2.75, 3.05) is 0 Å². The average molecular weight is 258 g/mol. The Kier molecular flexibility index (Phi) is 4.28. The molecule has 1 rings (SSSR count). The van der Waals surface area contributed by atoms with E-state index in [9.17, 15) is 14.4 Å². The van der Waals surface area contributed by atoms with Crippen LogP contribution >= 0.6 is 0 Å². The number of rotatable bonds is 7. The molecule has 0 aromatic rings. The molecule has 18 heavy (non-hydrogen) atoms. The van der Waals surface area contributed by atoms with Gasteiger partial charge in [0.05, 0.1) is 5.54 Å². The Hall–Kier alpha value is -1.63. The van der Waals surface area contributed by atoms with Gasteiger partial charge in [0.2, 0.25) is 5.91 Å². The second kappa shape index (κ2) is 5.34. The number of nitrogens with one attached hydrogen (secondary N) is 1. The fraction of sp³-hybridized carbons (Fsp3) is 0.727. The number of carbonyl (C=O) groups is 3. The van der Waals surface area contributed by atoms with Crippen molar-refractivity contribution in [1.82, 2.24) is 5.32 Å². The van der Waals surface area contributed by atoms with Gasteiger partial charge in [0, 0.05) is 6.42 Å². The number of carboxylic acids is 2. The summed E-state index contributed by atoms with van der Waals surface area (Å²) in [5.74, 6) is -2.82. The molecule has 0 aromatic heterocycles. The van der Waals surface area contributed by atoms with Crippen molar-refractivity contribution < 1.29 is 24.6 Å². The van der Waals surface area contributed by atoms with Crippen LogP contribution in [0.3, 0.4) is 0 Å². The van der Waals surface area contributed by atoms with Crippen molar-refractivity contribution >= 4 is 17.8 Å². The lowest BCUT2D eigenvalue weighted by atomic mass is 9.95. The summed E-state index contributed by atoms with van der Waals surface area (Å²) in [6, 6.07) is -1.21. The minimum absolute atomic E-state index is 0.0754. The summed E-state index contributed by atoms with van der Waals surface area (Å²) < 4.78 is 0. The van der Waals surface area contributed by atoms with Crippen LogP contribution in [0.4, 0.5) is 0 Å². The van der Waals surface area contributed by atoms with Crippen molar-refractivity contribution in [2.45, 2.75) is 44.2 Å². The van der Waals surface area contributed by atoms with Crippen LogP contribution in [0.5, 0.6) is 0 Å². The largest absolute Gasteiger partial charge is 0.481 e. The van der Waals surface area contributed by atoms with Crippen molar-refractivity contribution in [3.05, 3.63) is 0 Å². The first-order chi connectivity index (χ1) is 8.25. The molecule has 2 unspecified atom stereocenters. The zero-order valence-corrected chi connectivity index (χ0v) is 10.2. The number of hydrogen-bond donors (Lipinski definition) is 4. The van der Waals surface area contributed by atoms with Crippen LogP contribution in [0.1, 0.15) is 32.6 Å². The standard InChI is InChI=1S/C11H18N2O5/c1-11(12,6-2-3-6)10(18)13-7(9(16)17)4-5-8(14)15/h6-7H,2-5,12H2,1H3,(H,13,18)(H,14,15)(H,16,17). The van der Waals surface area contributed by atoms with Crippen molar-refractivity contribution in [1.29, 1.82) is 0 Å². The van der Waals surface area contributed by atoms with Crippen molar-refractivity contribution in [3.8, 4) is 0 Å². The summed E-state index contributed by atoms with van der Waals surface area (Å²) in [7, 11) is 0. The van der Waals surface area contributed by atoms with Crippen LogP contribution in [0.15, 0.2) is 0 Å². The van der Waals surface area contributed by atoms with Gasteiger partial charge in [-0.05, 0) is 32.1 Å². The summed E-state index contributed by atoms with van der Waals surface area (Å²) >= 11 is 0. The number of nitrogens with two attached hydrogens (primary N) is 1. The van der Waals surface area contributed by atoms with Crippen LogP contribution < -0.4 is 11.1 Å². The summed E-state index contributed by atoms with van der Waals surface area (Å²) in [6.07, 6.45) is 1.24. The molecule has 1 aliphatic rings. The highest BCUT2D eigenvalue weighted by molar-refractivity contribution is 5.90. The topological polar surface area (TPSA) is 130 Å². The SMILES string of the molecule is CC(N)(C(=O)NC(CCC(=O)O)C(=O)O)C1CC1. The molecule has 7 heteroatoms. The normalized spacial score (nSPS) is 19.7. The van der Waals surface area contributed by atoms with E-state index in [1.165, 1.54) is 0 Å². The maximum atomic E-state index is 11.9. The number of hydrogen-bond acceptors (Lipinski definition) is 4. The fourth-order valence-electron chi connectivity index (χ4n) is 1.71. The smallest absolute Gasteiger partial charge is 0.326 e. The molecule has 7 nitrogen and oxygen atoms in total. The molecule has 102 valence electrons. The number of aliphatic carboxylic acids is 2. The highest BCUT2D eigenvalue weighted by Crippen LogP contribution is 2.38. The summed E-state index contributed by atoms with van der Waals surface area (Å²) in [5, 5.41) is 19.7. The van der Waals surface area contributed by atoms with Crippen molar-refractivity contribution in [2.24, 2.45) is 11.7 Å². The Morgan fingerprint density at radius 2 is 1.94 bits per heavy atom. The maximum absolute atomic E-state index is 11.9. The van der Waals surface area contributed by atoms with E-state index >= 15 is 0 Å². The Labute approximate surface area is 104 Å². The Morgan fingerprint density at radius 1 is 1.39 bits per heavy atom. The summed E-state index contributed by atoms with van der Waals surface area (Å²) in [5.41, 5.74) is 4.76. The number of carbonyl (C=O) groups excluding carboxylic acids is 1. The first-order valence-corrected chi connectivity index (χ1v) is 5.79. The second-order valence-electron chi connectivity index (χ2n) is 4.85. The predicted octanol–water partition coefficient (Wildman–Crippen LogP) is -0.452. The van der Waals surface area contributed by atoms with Gasteiger partial charge >= 0.3 is 11.9 Å². The Morgan fingerprint density at radius 3 is 2.33 bits per heavy atom. The molecule has 1 aliphatic carbocycles. The molecule has 0 bridgehead atoms. The van der Waals surface area contributed by atoms with Gasteiger partial charge in [0.25, 0.3) is 0 Å². The zero-order valence-electron chi connectivity index (χ0n) is 10.2. The third-order valence-electron chi connectivity index (χ3n) is 3.16. The summed E-state index contributed by atoms with van der Waals surface area (Å²) in [4.78, 5) is 33.2. The van der Waals surface area contributed by atoms with E-state index in [-0.39, 0.29) is 18.8 Å². The first-order valence-electron chi connectivity index (χ1n) is 5.79. The quantitative estimate of drug-likeness (QED) is 0.489. The average Bonchev–Trinajstić information content (AvgIpc) is 3.06. The summed E-state index contributed by atoms with van der Waals surface area (Å²) in [6.45, 7) is 1.57. The molecule has 0 heterocycles. The monoisotopic (exact) mass is 258 g/mol. The third-order valence-corrected chi connectivity index (χ3v) is 3.16. The molecule has 0 aliphatic heterocycles. The molecule has 0 radical (unpaired) electrons. The van der Waals surface area contributed by atoms with Crippen LogP contribution in [0.25, 0.3) is 0 Å². The van der Waals surface area contributed by atoms with Gasteiger partial charge in [-0.25, -0.2) is 4.79 Å². The van der Waals surface area contributed by atoms with Gasteiger partial charge in [0.15, 0.2) is 0 Å². The zero-order chi connectivity index (χ0) is 13.9. The molecule has 1 amide bonds. The van der Waals surface area contributed by atoms with Gasteiger partial charge in [0.1, 0.15) is 6.04 Å². The van der Waals surface area contributed by atoms with E-state index in [2.05, 4.69) is 5.32 Å². The van der Waals surface area contributed by atoms with E-state index in [1.807, 2.05) is 0 Å². The first kappa shape index (κ1) is 14.4. The van der Waals surface area contributed by atoms with E-state index in [1.54, 1.807) is 6.92 Å². The molecule has 0 spiro atoms. The van der Waals surface area contributed by atoms with E-state index in [4.69, 9.17) is 15.9 Å². The van der Waals surface area contributed by atoms with Crippen molar-refractivity contribution in [3.63, 3.8) is 0 Å². The lowest BCUT2D eigenvalue weighted by Crippen LogP contribution is -2.57. The van der Waals surface area contributed by atoms with Gasteiger partial charge in [-0.2, -0.15) is 0 Å². The van der Waals surface area contributed by atoms with Gasteiger partial charge < -0.3 is 21.3 Å². The lowest BCUT2D eigenvalue weighted by Gasteiger charge is -2.25. The van der Waals surface area contributed by atoms with Crippen LogP contribution in [-0.2, 0) is 14.4 Å². The highest BCUT2D eigenvalue weighted by atomic mass is 16.4.